The topological polar surface area (TPSA) is 61.4 Å². The molecule has 3 rings (SSSR count). The van der Waals surface area contributed by atoms with Crippen LogP contribution in [0.25, 0.3) is 0 Å². The van der Waals surface area contributed by atoms with Gasteiger partial charge in [-0.25, -0.2) is 4.39 Å². The number of anilines is 1. The Labute approximate surface area is 134 Å². The molecule has 0 radical (unpaired) electrons. The van der Waals surface area contributed by atoms with Gasteiger partial charge in [-0.2, -0.15) is 0 Å². The number of benzene rings is 1. The molecule has 120 valence electrons. The zero-order valence-corrected chi connectivity index (χ0v) is 13.1. The highest BCUT2D eigenvalue weighted by Crippen LogP contribution is 2.27. The molecule has 5 nitrogen and oxygen atoms in total. The Bertz CT molecular complexity index is 609. The fraction of sp³-hybridized carbons (Fsp3) is 0.467. The monoisotopic (exact) mass is 327 g/mol. The van der Waals surface area contributed by atoms with E-state index in [1.807, 2.05) is 7.05 Å². The summed E-state index contributed by atoms with van der Waals surface area (Å²) in [5.74, 6) is -0.962. The summed E-state index contributed by atoms with van der Waals surface area (Å²) >= 11 is 0. The van der Waals surface area contributed by atoms with Crippen molar-refractivity contribution in [2.45, 2.75) is 25.3 Å². The van der Waals surface area contributed by atoms with Crippen LogP contribution < -0.4 is 10.6 Å². The van der Waals surface area contributed by atoms with Gasteiger partial charge in [0.2, 0.25) is 5.91 Å². The SMILES string of the molecule is CNC1CCN(C(=O)c2cc3c(cc2F)NC(=O)CC3)C1.Cl. The number of rotatable bonds is 2. The average molecular weight is 328 g/mol. The van der Waals surface area contributed by atoms with Crippen LogP contribution in [0.15, 0.2) is 12.1 Å². The number of likely N-dealkylation sites (tertiary alicyclic amines) is 1. The number of hydrogen-bond donors (Lipinski definition) is 2. The van der Waals surface area contributed by atoms with E-state index in [2.05, 4.69) is 10.6 Å². The van der Waals surface area contributed by atoms with E-state index in [4.69, 9.17) is 0 Å². The van der Waals surface area contributed by atoms with Gasteiger partial charge in [-0.15, -0.1) is 12.4 Å². The van der Waals surface area contributed by atoms with Gasteiger partial charge in [0.1, 0.15) is 5.82 Å². The molecule has 1 saturated heterocycles. The third-order valence-corrected chi connectivity index (χ3v) is 4.20. The van der Waals surface area contributed by atoms with Crippen LogP contribution in [0, 0.1) is 5.82 Å². The molecular formula is C15H19ClFN3O2. The quantitative estimate of drug-likeness (QED) is 0.866. The van der Waals surface area contributed by atoms with Gasteiger partial charge in [-0.3, -0.25) is 9.59 Å². The van der Waals surface area contributed by atoms with Gasteiger partial charge in [0.05, 0.1) is 5.56 Å². The third kappa shape index (κ3) is 3.08. The Balaban J connectivity index is 0.00000176. The normalized spacial score (nSPS) is 20.2. The first kappa shape index (κ1) is 16.7. The molecule has 2 amide bonds. The fourth-order valence-corrected chi connectivity index (χ4v) is 2.92. The van der Waals surface area contributed by atoms with Crippen LogP contribution in [0.2, 0.25) is 0 Å². The van der Waals surface area contributed by atoms with E-state index in [-0.39, 0.29) is 35.8 Å². The summed E-state index contributed by atoms with van der Waals surface area (Å²) in [4.78, 5) is 25.4. The number of aryl methyl sites for hydroxylation is 1. The fourth-order valence-electron chi connectivity index (χ4n) is 2.92. The zero-order valence-electron chi connectivity index (χ0n) is 12.3. The van der Waals surface area contributed by atoms with E-state index in [1.54, 1.807) is 11.0 Å². The van der Waals surface area contributed by atoms with Crippen LogP contribution in [0.4, 0.5) is 10.1 Å². The van der Waals surface area contributed by atoms with Crippen molar-refractivity contribution in [3.63, 3.8) is 0 Å². The summed E-state index contributed by atoms with van der Waals surface area (Å²) < 4.78 is 14.2. The first-order valence-electron chi connectivity index (χ1n) is 7.17. The van der Waals surface area contributed by atoms with Crippen LogP contribution in [0.5, 0.6) is 0 Å². The smallest absolute Gasteiger partial charge is 0.256 e. The van der Waals surface area contributed by atoms with E-state index < -0.39 is 5.82 Å². The summed E-state index contributed by atoms with van der Waals surface area (Å²) in [5, 5.41) is 5.77. The van der Waals surface area contributed by atoms with E-state index in [0.717, 1.165) is 12.0 Å². The summed E-state index contributed by atoms with van der Waals surface area (Å²) in [5.41, 5.74) is 1.40. The lowest BCUT2D eigenvalue weighted by atomic mass is 9.99. The Morgan fingerprint density at radius 1 is 1.41 bits per heavy atom. The number of hydrogen-bond acceptors (Lipinski definition) is 3. The minimum absolute atomic E-state index is 0. The summed E-state index contributed by atoms with van der Waals surface area (Å²) in [6.07, 6.45) is 1.80. The number of carbonyl (C=O) groups is 2. The number of amides is 2. The molecule has 1 aromatic carbocycles. The van der Waals surface area contributed by atoms with Crippen molar-refractivity contribution in [1.29, 1.82) is 0 Å². The number of fused-ring (bicyclic) bond motifs is 1. The van der Waals surface area contributed by atoms with E-state index in [0.29, 0.717) is 31.6 Å². The second kappa shape index (κ2) is 6.62. The van der Waals surface area contributed by atoms with Gasteiger partial charge in [0.25, 0.3) is 5.91 Å². The first-order chi connectivity index (χ1) is 10.1. The molecule has 1 atom stereocenters. The predicted molar refractivity (Wildman–Crippen MR) is 84.0 cm³/mol. The zero-order chi connectivity index (χ0) is 15.0. The molecule has 0 aromatic heterocycles. The van der Waals surface area contributed by atoms with E-state index >= 15 is 0 Å². The predicted octanol–water partition coefficient (Wildman–Crippen LogP) is 1.57. The van der Waals surface area contributed by atoms with E-state index in [1.165, 1.54) is 6.07 Å². The Morgan fingerprint density at radius 3 is 2.86 bits per heavy atom. The van der Waals surface area contributed by atoms with Crippen molar-refractivity contribution in [3.8, 4) is 0 Å². The number of likely N-dealkylation sites (N-methyl/N-ethyl adjacent to an activating group) is 1. The first-order valence-corrected chi connectivity index (χ1v) is 7.17. The minimum atomic E-state index is -0.575. The molecule has 0 spiro atoms. The third-order valence-electron chi connectivity index (χ3n) is 4.20. The van der Waals surface area contributed by atoms with Crippen molar-refractivity contribution in [2.24, 2.45) is 0 Å². The standard InChI is InChI=1S/C15H18FN3O2.ClH/c1-17-10-4-5-19(8-10)15(21)11-6-9-2-3-14(20)18-13(9)7-12(11)16;/h6-7,10,17H,2-5,8H2,1H3,(H,18,20);1H. The average Bonchev–Trinajstić information content (AvgIpc) is 2.94. The van der Waals surface area contributed by atoms with Crippen molar-refractivity contribution >= 4 is 29.9 Å². The maximum absolute atomic E-state index is 14.2. The molecule has 7 heteroatoms. The molecular weight excluding hydrogens is 309 g/mol. The Morgan fingerprint density at radius 2 is 2.18 bits per heavy atom. The van der Waals surface area contributed by atoms with Gasteiger partial charge in [-0.05, 0) is 37.6 Å². The van der Waals surface area contributed by atoms with Crippen molar-refractivity contribution in [1.82, 2.24) is 10.2 Å². The Kier molecular flexibility index (Phi) is 5.03. The maximum atomic E-state index is 14.2. The second-order valence-electron chi connectivity index (χ2n) is 5.56. The van der Waals surface area contributed by atoms with Crippen LogP contribution in [-0.2, 0) is 11.2 Å². The van der Waals surface area contributed by atoms with Gasteiger partial charge >= 0.3 is 0 Å². The maximum Gasteiger partial charge on any atom is 0.256 e. The molecule has 2 aliphatic rings. The van der Waals surface area contributed by atoms with Gasteiger partial charge in [0.15, 0.2) is 0 Å². The molecule has 22 heavy (non-hydrogen) atoms. The molecule has 0 aliphatic carbocycles. The highest BCUT2D eigenvalue weighted by atomic mass is 35.5. The molecule has 1 aromatic rings. The lowest BCUT2D eigenvalue weighted by molar-refractivity contribution is -0.116. The number of carbonyl (C=O) groups excluding carboxylic acids is 2. The molecule has 2 aliphatic heterocycles. The van der Waals surface area contributed by atoms with Crippen LogP contribution >= 0.6 is 12.4 Å². The lowest BCUT2D eigenvalue weighted by Crippen LogP contribution is -2.34. The van der Waals surface area contributed by atoms with Gasteiger partial charge in [0, 0.05) is 31.2 Å². The van der Waals surface area contributed by atoms with E-state index in [9.17, 15) is 14.0 Å². The highest BCUT2D eigenvalue weighted by molar-refractivity contribution is 5.98. The van der Waals surface area contributed by atoms with Gasteiger partial charge in [-0.1, -0.05) is 0 Å². The summed E-state index contributed by atoms with van der Waals surface area (Å²) in [6.45, 7) is 1.24. The molecule has 0 bridgehead atoms. The molecule has 2 N–H and O–H groups in total. The second-order valence-corrected chi connectivity index (χ2v) is 5.56. The largest absolute Gasteiger partial charge is 0.337 e. The summed E-state index contributed by atoms with van der Waals surface area (Å²) in [7, 11) is 1.86. The highest BCUT2D eigenvalue weighted by Gasteiger charge is 2.28. The van der Waals surface area contributed by atoms with Crippen LogP contribution in [0.3, 0.4) is 0 Å². The molecule has 1 unspecified atom stereocenters. The van der Waals surface area contributed by atoms with Gasteiger partial charge < -0.3 is 15.5 Å². The van der Waals surface area contributed by atoms with Crippen molar-refractivity contribution in [2.75, 3.05) is 25.5 Å². The summed E-state index contributed by atoms with van der Waals surface area (Å²) in [6, 6.07) is 3.11. The van der Waals surface area contributed by atoms with Crippen LogP contribution in [0.1, 0.15) is 28.8 Å². The minimum Gasteiger partial charge on any atom is -0.337 e. The van der Waals surface area contributed by atoms with Crippen molar-refractivity contribution < 1.29 is 14.0 Å². The van der Waals surface area contributed by atoms with Crippen molar-refractivity contribution in [3.05, 3.63) is 29.1 Å². The molecule has 1 fully saturated rings. The van der Waals surface area contributed by atoms with Crippen LogP contribution in [-0.4, -0.2) is 42.9 Å². The number of halogens is 2. The molecule has 0 saturated carbocycles. The Hall–Kier alpha value is -1.66. The number of nitrogens with one attached hydrogen (secondary N) is 2. The lowest BCUT2D eigenvalue weighted by Gasteiger charge is -2.21. The molecule has 2 heterocycles. The number of nitrogens with zero attached hydrogens (tertiary/aromatic N) is 1.